The molecule has 0 atom stereocenters. The molecule has 3 aromatic rings. The number of rotatable bonds is 5. The van der Waals surface area contributed by atoms with Gasteiger partial charge in [-0.3, -0.25) is 4.79 Å². The number of amides is 1. The van der Waals surface area contributed by atoms with Crippen LogP contribution in [0.25, 0.3) is 10.6 Å². The van der Waals surface area contributed by atoms with Crippen molar-refractivity contribution < 1.29 is 19.4 Å². The van der Waals surface area contributed by atoms with Crippen molar-refractivity contribution in [2.45, 2.75) is 6.92 Å². The number of nitrogens with one attached hydrogen (secondary N) is 1. The van der Waals surface area contributed by atoms with E-state index in [1.54, 1.807) is 33.3 Å². The van der Waals surface area contributed by atoms with Crippen molar-refractivity contribution in [3.05, 3.63) is 47.1 Å². The highest BCUT2D eigenvalue weighted by Crippen LogP contribution is 2.35. The Morgan fingerprint density at radius 1 is 1.19 bits per heavy atom. The largest absolute Gasteiger partial charge is 0.504 e. The predicted molar refractivity (Wildman–Crippen MR) is 99.2 cm³/mol. The fourth-order valence-electron chi connectivity index (χ4n) is 2.36. The summed E-state index contributed by atoms with van der Waals surface area (Å²) < 4.78 is 10.5. The number of pyridine rings is 1. The van der Waals surface area contributed by atoms with E-state index in [4.69, 9.17) is 9.47 Å². The highest BCUT2D eigenvalue weighted by Gasteiger charge is 2.18. The number of hydrogen-bond donors (Lipinski definition) is 2. The summed E-state index contributed by atoms with van der Waals surface area (Å²) in [4.78, 5) is 21.4. The SMILES string of the molecule is COc1ccc(-c2nc(C)c(C(=O)Nc3ncccc3O)s2)cc1OC. The van der Waals surface area contributed by atoms with Gasteiger partial charge in [0.25, 0.3) is 5.91 Å². The standard InChI is InChI=1S/C18H17N3O4S/c1-10-15(17(23)21-16-12(22)5-4-8-19-16)26-18(20-10)11-6-7-13(24-2)14(9-11)25-3/h4-9,22H,1-3H3,(H,19,21,23). The first-order valence-electron chi connectivity index (χ1n) is 7.68. The first kappa shape index (κ1) is 17.7. The number of carbonyl (C=O) groups is 1. The minimum atomic E-state index is -0.374. The number of methoxy groups -OCH3 is 2. The summed E-state index contributed by atoms with van der Waals surface area (Å²) in [5.41, 5.74) is 1.41. The van der Waals surface area contributed by atoms with Gasteiger partial charge in [-0.15, -0.1) is 11.3 Å². The van der Waals surface area contributed by atoms with E-state index in [0.29, 0.717) is 27.1 Å². The molecule has 0 aliphatic carbocycles. The Labute approximate surface area is 154 Å². The van der Waals surface area contributed by atoms with Crippen molar-refractivity contribution in [2.75, 3.05) is 19.5 Å². The molecule has 0 radical (unpaired) electrons. The van der Waals surface area contributed by atoms with E-state index in [9.17, 15) is 9.90 Å². The van der Waals surface area contributed by atoms with E-state index in [-0.39, 0.29) is 17.5 Å². The Morgan fingerprint density at radius 3 is 2.65 bits per heavy atom. The number of anilines is 1. The van der Waals surface area contributed by atoms with E-state index in [1.165, 1.54) is 23.6 Å². The zero-order chi connectivity index (χ0) is 18.7. The third-order valence-electron chi connectivity index (χ3n) is 3.65. The van der Waals surface area contributed by atoms with E-state index >= 15 is 0 Å². The van der Waals surface area contributed by atoms with Gasteiger partial charge in [-0.25, -0.2) is 9.97 Å². The molecule has 0 fully saturated rings. The number of hydrogen-bond acceptors (Lipinski definition) is 7. The number of benzene rings is 1. The Bertz CT molecular complexity index is 955. The van der Waals surface area contributed by atoms with Crippen molar-refractivity contribution in [1.29, 1.82) is 0 Å². The zero-order valence-corrected chi connectivity index (χ0v) is 15.3. The van der Waals surface area contributed by atoms with Crippen molar-refractivity contribution in [1.82, 2.24) is 9.97 Å². The smallest absolute Gasteiger partial charge is 0.268 e. The van der Waals surface area contributed by atoms with Crippen LogP contribution in [0.3, 0.4) is 0 Å². The molecule has 0 aliphatic heterocycles. The lowest BCUT2D eigenvalue weighted by Gasteiger charge is -2.08. The molecule has 8 heteroatoms. The number of nitrogens with zero attached hydrogens (tertiary/aromatic N) is 2. The molecular weight excluding hydrogens is 354 g/mol. The second-order valence-electron chi connectivity index (χ2n) is 5.33. The van der Waals surface area contributed by atoms with E-state index in [2.05, 4.69) is 15.3 Å². The summed E-state index contributed by atoms with van der Waals surface area (Å²) in [6, 6.07) is 8.49. The number of aryl methyl sites for hydroxylation is 1. The lowest BCUT2D eigenvalue weighted by Crippen LogP contribution is -2.12. The number of ether oxygens (including phenoxy) is 2. The monoisotopic (exact) mass is 371 g/mol. The van der Waals surface area contributed by atoms with Crippen LogP contribution in [0.15, 0.2) is 36.5 Å². The van der Waals surface area contributed by atoms with Crippen molar-refractivity contribution in [3.63, 3.8) is 0 Å². The summed E-state index contributed by atoms with van der Waals surface area (Å²) in [6.07, 6.45) is 1.49. The van der Waals surface area contributed by atoms with Crippen LogP contribution in [0, 0.1) is 6.92 Å². The molecule has 2 N–H and O–H groups in total. The van der Waals surface area contributed by atoms with Gasteiger partial charge in [0, 0.05) is 11.8 Å². The molecule has 0 saturated carbocycles. The van der Waals surface area contributed by atoms with Gasteiger partial charge in [0.1, 0.15) is 9.88 Å². The molecule has 0 aliphatic rings. The summed E-state index contributed by atoms with van der Waals surface area (Å²) in [5.74, 6) is 0.845. The Hall–Kier alpha value is -3.13. The fraction of sp³-hybridized carbons (Fsp3) is 0.167. The van der Waals surface area contributed by atoms with E-state index in [1.807, 2.05) is 12.1 Å². The van der Waals surface area contributed by atoms with E-state index in [0.717, 1.165) is 5.56 Å². The molecule has 7 nitrogen and oxygen atoms in total. The van der Waals surface area contributed by atoms with Crippen LogP contribution < -0.4 is 14.8 Å². The van der Waals surface area contributed by atoms with Crippen LogP contribution in [-0.2, 0) is 0 Å². The van der Waals surface area contributed by atoms with Gasteiger partial charge in [-0.1, -0.05) is 0 Å². The van der Waals surface area contributed by atoms with Gasteiger partial charge in [-0.2, -0.15) is 0 Å². The van der Waals surface area contributed by atoms with Gasteiger partial charge in [-0.05, 0) is 37.3 Å². The third-order valence-corrected chi connectivity index (χ3v) is 4.86. The van der Waals surface area contributed by atoms with Gasteiger partial charge in [0.2, 0.25) is 0 Å². The predicted octanol–water partition coefficient (Wildman–Crippen LogP) is 3.49. The number of thiazole rings is 1. The molecule has 1 aromatic carbocycles. The number of aromatic nitrogens is 2. The Balaban J connectivity index is 1.90. The minimum absolute atomic E-state index is 0.0943. The van der Waals surface area contributed by atoms with E-state index < -0.39 is 0 Å². The van der Waals surface area contributed by atoms with Gasteiger partial charge in [0.05, 0.1) is 19.9 Å². The summed E-state index contributed by atoms with van der Waals surface area (Å²) >= 11 is 1.25. The molecule has 2 aromatic heterocycles. The fourth-order valence-corrected chi connectivity index (χ4v) is 3.32. The molecular formula is C18H17N3O4S. The number of carbonyl (C=O) groups excluding carboxylic acids is 1. The van der Waals surface area contributed by atoms with Crippen LogP contribution in [0.2, 0.25) is 0 Å². The molecule has 0 saturated heterocycles. The zero-order valence-electron chi connectivity index (χ0n) is 14.4. The quantitative estimate of drug-likeness (QED) is 0.713. The summed E-state index contributed by atoms with van der Waals surface area (Å²) in [6.45, 7) is 1.76. The Kier molecular flexibility index (Phi) is 5.04. The highest BCUT2D eigenvalue weighted by atomic mass is 32.1. The normalized spacial score (nSPS) is 10.4. The maximum absolute atomic E-state index is 12.5. The molecule has 3 rings (SSSR count). The highest BCUT2D eigenvalue weighted by molar-refractivity contribution is 7.17. The topological polar surface area (TPSA) is 93.6 Å². The molecule has 0 spiro atoms. The maximum Gasteiger partial charge on any atom is 0.268 e. The summed E-state index contributed by atoms with van der Waals surface area (Å²) in [5, 5.41) is 13.0. The second-order valence-corrected chi connectivity index (χ2v) is 6.33. The first-order valence-corrected chi connectivity index (χ1v) is 8.50. The molecule has 134 valence electrons. The molecule has 0 unspecified atom stereocenters. The van der Waals surface area contributed by atoms with Crippen molar-refractivity contribution in [3.8, 4) is 27.8 Å². The molecule has 1 amide bonds. The second kappa shape index (κ2) is 7.40. The summed E-state index contributed by atoms with van der Waals surface area (Å²) in [7, 11) is 3.13. The van der Waals surface area contributed by atoms with Gasteiger partial charge < -0.3 is 19.9 Å². The first-order chi connectivity index (χ1) is 12.5. The molecule has 0 bridgehead atoms. The van der Waals surface area contributed by atoms with Crippen LogP contribution in [0.1, 0.15) is 15.4 Å². The lowest BCUT2D eigenvalue weighted by atomic mass is 10.2. The van der Waals surface area contributed by atoms with Crippen molar-refractivity contribution >= 4 is 23.1 Å². The van der Waals surface area contributed by atoms with Gasteiger partial charge in [0.15, 0.2) is 23.1 Å². The lowest BCUT2D eigenvalue weighted by molar-refractivity contribution is 0.102. The third kappa shape index (κ3) is 3.45. The minimum Gasteiger partial charge on any atom is -0.504 e. The van der Waals surface area contributed by atoms with Crippen LogP contribution in [0.5, 0.6) is 17.2 Å². The van der Waals surface area contributed by atoms with Crippen LogP contribution >= 0.6 is 11.3 Å². The van der Waals surface area contributed by atoms with Crippen LogP contribution in [-0.4, -0.2) is 35.2 Å². The average Bonchev–Trinajstić information content (AvgIpc) is 3.04. The molecule has 2 heterocycles. The van der Waals surface area contributed by atoms with Crippen molar-refractivity contribution in [2.24, 2.45) is 0 Å². The maximum atomic E-state index is 12.5. The average molecular weight is 371 g/mol. The molecule has 26 heavy (non-hydrogen) atoms. The number of aromatic hydroxyl groups is 1. The van der Waals surface area contributed by atoms with Gasteiger partial charge >= 0.3 is 0 Å². The van der Waals surface area contributed by atoms with Crippen LogP contribution in [0.4, 0.5) is 5.82 Å². The Morgan fingerprint density at radius 2 is 1.96 bits per heavy atom.